The third-order valence-corrected chi connectivity index (χ3v) is 2.68. The summed E-state index contributed by atoms with van der Waals surface area (Å²) in [7, 11) is 0. The first-order valence-electron chi connectivity index (χ1n) is 4.96. The lowest BCUT2D eigenvalue weighted by atomic mass is 10.1. The van der Waals surface area contributed by atoms with Gasteiger partial charge in [0.2, 0.25) is 0 Å². The van der Waals surface area contributed by atoms with E-state index in [1.54, 1.807) is 30.3 Å². The molecule has 0 spiro atoms. The van der Waals surface area contributed by atoms with Gasteiger partial charge >= 0.3 is 0 Å². The zero-order chi connectivity index (χ0) is 11.1. The van der Waals surface area contributed by atoms with E-state index in [1.807, 2.05) is 6.07 Å². The van der Waals surface area contributed by atoms with E-state index in [4.69, 9.17) is 0 Å². The number of rotatable bonds is 0. The molecule has 1 aromatic heterocycles. The van der Waals surface area contributed by atoms with Gasteiger partial charge in [-0.2, -0.15) is 0 Å². The summed E-state index contributed by atoms with van der Waals surface area (Å²) >= 11 is 0. The SMILES string of the molecule is O=c1c2ccccc2[nH]c2cccc(F)c12. The minimum absolute atomic E-state index is 0.126. The van der Waals surface area contributed by atoms with Gasteiger partial charge in [-0.25, -0.2) is 4.39 Å². The summed E-state index contributed by atoms with van der Waals surface area (Å²) in [5.74, 6) is -0.482. The van der Waals surface area contributed by atoms with Crippen molar-refractivity contribution in [1.82, 2.24) is 4.98 Å². The summed E-state index contributed by atoms with van der Waals surface area (Å²) < 4.78 is 13.6. The van der Waals surface area contributed by atoms with Crippen molar-refractivity contribution in [2.75, 3.05) is 0 Å². The topological polar surface area (TPSA) is 32.9 Å². The van der Waals surface area contributed by atoms with Gasteiger partial charge < -0.3 is 4.98 Å². The molecule has 0 amide bonds. The molecule has 78 valence electrons. The summed E-state index contributed by atoms with van der Waals surface area (Å²) in [5, 5.41) is 0.640. The van der Waals surface area contributed by atoms with Crippen LogP contribution in [0, 0.1) is 5.82 Å². The van der Waals surface area contributed by atoms with Crippen molar-refractivity contribution in [1.29, 1.82) is 0 Å². The molecule has 0 aliphatic heterocycles. The molecule has 0 bridgehead atoms. The molecule has 3 heteroatoms. The molecule has 0 saturated heterocycles. The van der Waals surface area contributed by atoms with E-state index in [0.29, 0.717) is 10.9 Å². The van der Waals surface area contributed by atoms with Crippen LogP contribution in [-0.4, -0.2) is 4.98 Å². The Labute approximate surface area is 90.3 Å². The summed E-state index contributed by atoms with van der Waals surface area (Å²) in [6, 6.07) is 11.7. The van der Waals surface area contributed by atoms with Gasteiger partial charge in [0, 0.05) is 10.9 Å². The second-order valence-electron chi connectivity index (χ2n) is 3.66. The van der Waals surface area contributed by atoms with Crippen LogP contribution in [0.2, 0.25) is 0 Å². The lowest BCUT2D eigenvalue weighted by Crippen LogP contribution is -2.05. The highest BCUT2D eigenvalue weighted by Gasteiger charge is 2.08. The highest BCUT2D eigenvalue weighted by atomic mass is 19.1. The number of hydrogen-bond donors (Lipinski definition) is 1. The van der Waals surface area contributed by atoms with Crippen LogP contribution in [0.1, 0.15) is 0 Å². The number of aromatic amines is 1. The first-order valence-corrected chi connectivity index (χ1v) is 4.96. The molecule has 3 rings (SSSR count). The average Bonchev–Trinajstić information content (AvgIpc) is 2.29. The minimum atomic E-state index is -0.482. The maximum Gasteiger partial charge on any atom is 0.200 e. The second kappa shape index (κ2) is 3.17. The van der Waals surface area contributed by atoms with Gasteiger partial charge in [-0.15, -0.1) is 0 Å². The number of nitrogens with one attached hydrogen (secondary N) is 1. The van der Waals surface area contributed by atoms with E-state index in [1.165, 1.54) is 6.07 Å². The lowest BCUT2D eigenvalue weighted by Gasteiger charge is -2.02. The minimum Gasteiger partial charge on any atom is -0.354 e. The maximum absolute atomic E-state index is 13.6. The van der Waals surface area contributed by atoms with Crippen LogP contribution in [-0.2, 0) is 0 Å². The Morgan fingerprint density at radius 2 is 1.69 bits per heavy atom. The lowest BCUT2D eigenvalue weighted by molar-refractivity contribution is 0.639. The van der Waals surface area contributed by atoms with Gasteiger partial charge in [0.25, 0.3) is 0 Å². The third-order valence-electron chi connectivity index (χ3n) is 2.68. The van der Waals surface area contributed by atoms with Crippen molar-refractivity contribution in [2.24, 2.45) is 0 Å². The zero-order valence-electron chi connectivity index (χ0n) is 8.33. The number of pyridine rings is 1. The molecular weight excluding hydrogens is 205 g/mol. The number of benzene rings is 2. The molecular formula is C13H8FNO. The van der Waals surface area contributed by atoms with Crippen LogP contribution in [0.3, 0.4) is 0 Å². The Kier molecular flexibility index (Phi) is 1.80. The second-order valence-corrected chi connectivity index (χ2v) is 3.66. The fourth-order valence-corrected chi connectivity index (χ4v) is 1.93. The van der Waals surface area contributed by atoms with Crippen molar-refractivity contribution in [3.8, 4) is 0 Å². The number of para-hydroxylation sites is 1. The molecule has 1 N–H and O–H groups in total. The molecule has 2 aromatic carbocycles. The smallest absolute Gasteiger partial charge is 0.200 e. The maximum atomic E-state index is 13.6. The van der Waals surface area contributed by atoms with E-state index in [0.717, 1.165) is 5.52 Å². The quantitative estimate of drug-likeness (QED) is 0.572. The summed E-state index contributed by atoms with van der Waals surface area (Å²) in [5.41, 5.74) is 0.997. The number of H-pyrrole nitrogens is 1. The van der Waals surface area contributed by atoms with E-state index in [2.05, 4.69) is 4.98 Å². The van der Waals surface area contributed by atoms with E-state index in [9.17, 15) is 9.18 Å². The average molecular weight is 213 g/mol. The van der Waals surface area contributed by atoms with Crippen molar-refractivity contribution >= 4 is 21.8 Å². The molecule has 1 heterocycles. The third kappa shape index (κ3) is 1.15. The standard InChI is InChI=1S/C13H8FNO/c14-9-5-3-7-11-12(9)13(16)8-4-1-2-6-10(8)15-11/h1-7H,(H,15,16). The first-order chi connectivity index (χ1) is 7.77. The number of fused-ring (bicyclic) bond motifs is 2. The van der Waals surface area contributed by atoms with Gasteiger partial charge in [-0.1, -0.05) is 18.2 Å². The molecule has 0 aliphatic rings. The molecule has 0 atom stereocenters. The number of hydrogen-bond acceptors (Lipinski definition) is 1. The van der Waals surface area contributed by atoms with Gasteiger partial charge in [-0.05, 0) is 24.3 Å². The summed E-state index contributed by atoms with van der Waals surface area (Å²) in [6.07, 6.45) is 0. The van der Waals surface area contributed by atoms with E-state index in [-0.39, 0.29) is 10.8 Å². The fraction of sp³-hybridized carbons (Fsp3) is 0. The Balaban J connectivity index is 2.67. The van der Waals surface area contributed by atoms with Crippen LogP contribution >= 0.6 is 0 Å². The highest BCUT2D eigenvalue weighted by Crippen LogP contribution is 2.16. The largest absolute Gasteiger partial charge is 0.354 e. The number of halogens is 1. The van der Waals surface area contributed by atoms with E-state index >= 15 is 0 Å². The molecule has 0 unspecified atom stereocenters. The molecule has 0 fully saturated rings. The van der Waals surface area contributed by atoms with Crippen LogP contribution in [0.5, 0.6) is 0 Å². The molecule has 2 nitrogen and oxygen atoms in total. The predicted octanol–water partition coefficient (Wildman–Crippen LogP) is 2.82. The van der Waals surface area contributed by atoms with Crippen LogP contribution in [0.25, 0.3) is 21.8 Å². The van der Waals surface area contributed by atoms with Crippen molar-refractivity contribution in [3.63, 3.8) is 0 Å². The molecule has 3 aromatic rings. The van der Waals surface area contributed by atoms with Gasteiger partial charge in [0.05, 0.1) is 10.9 Å². The Hall–Kier alpha value is -2.16. The van der Waals surface area contributed by atoms with Crippen molar-refractivity contribution in [3.05, 3.63) is 58.5 Å². The summed E-state index contributed by atoms with van der Waals surface area (Å²) in [6.45, 7) is 0. The molecule has 0 saturated carbocycles. The van der Waals surface area contributed by atoms with Crippen molar-refractivity contribution < 1.29 is 4.39 Å². The monoisotopic (exact) mass is 213 g/mol. The Morgan fingerprint density at radius 3 is 2.56 bits per heavy atom. The predicted molar refractivity (Wildman–Crippen MR) is 62.0 cm³/mol. The zero-order valence-corrected chi connectivity index (χ0v) is 8.33. The normalized spacial score (nSPS) is 11.1. The van der Waals surface area contributed by atoms with Crippen LogP contribution in [0.15, 0.2) is 47.3 Å². The van der Waals surface area contributed by atoms with Crippen LogP contribution in [0.4, 0.5) is 4.39 Å². The number of aromatic nitrogens is 1. The Morgan fingerprint density at radius 1 is 0.938 bits per heavy atom. The highest BCUT2D eigenvalue weighted by molar-refractivity contribution is 5.92. The van der Waals surface area contributed by atoms with Gasteiger partial charge in [0.1, 0.15) is 5.82 Å². The summed E-state index contributed by atoms with van der Waals surface area (Å²) in [4.78, 5) is 15.1. The Bertz CT molecular complexity index is 746. The molecule has 16 heavy (non-hydrogen) atoms. The first kappa shape index (κ1) is 9.09. The fourth-order valence-electron chi connectivity index (χ4n) is 1.93. The molecule has 0 radical (unpaired) electrons. The van der Waals surface area contributed by atoms with Gasteiger partial charge in [-0.3, -0.25) is 4.79 Å². The molecule has 0 aliphatic carbocycles. The van der Waals surface area contributed by atoms with Crippen LogP contribution < -0.4 is 5.43 Å². The van der Waals surface area contributed by atoms with Crippen molar-refractivity contribution in [2.45, 2.75) is 0 Å². The van der Waals surface area contributed by atoms with Gasteiger partial charge in [0.15, 0.2) is 5.43 Å². The van der Waals surface area contributed by atoms with E-state index < -0.39 is 5.82 Å².